The second-order valence-corrected chi connectivity index (χ2v) is 10.5. The number of hydrogen-bond donors (Lipinski definition) is 1. The third-order valence-electron chi connectivity index (χ3n) is 4.87. The molecule has 0 saturated carbocycles. The first kappa shape index (κ1) is 23.1. The number of aliphatic hydroxyl groups excluding tert-OH is 1. The molecule has 0 radical (unpaired) electrons. The van der Waals surface area contributed by atoms with Crippen LogP contribution in [0.2, 0.25) is 6.04 Å². The van der Waals surface area contributed by atoms with Gasteiger partial charge in [0.1, 0.15) is 11.3 Å². The van der Waals surface area contributed by atoms with Crippen LogP contribution in [0.25, 0.3) is 0 Å². The quantitative estimate of drug-likeness (QED) is 0.437. The fourth-order valence-electron chi connectivity index (χ4n) is 3.37. The van der Waals surface area contributed by atoms with Crippen LogP contribution in [0.1, 0.15) is 72.6 Å². The van der Waals surface area contributed by atoms with E-state index in [1.54, 1.807) is 0 Å². The minimum atomic E-state index is -2.26. The molecule has 0 amide bonds. The molecule has 2 fully saturated rings. The zero-order valence-corrected chi connectivity index (χ0v) is 17.8. The summed E-state index contributed by atoms with van der Waals surface area (Å²) in [6.07, 6.45) is 7.97. The summed E-state index contributed by atoms with van der Waals surface area (Å²) < 4.78 is 23.8. The molecule has 0 aromatic carbocycles. The summed E-state index contributed by atoms with van der Waals surface area (Å²) in [6, 6.07) is 1.10. The molecule has 150 valence electrons. The maximum Gasteiger partial charge on any atom is 0.371 e. The van der Waals surface area contributed by atoms with Crippen molar-refractivity contribution in [3.63, 3.8) is 0 Å². The average Bonchev–Trinajstić information content (AvgIpc) is 3.49. The predicted octanol–water partition coefficient (Wildman–Crippen LogP) is 3.96. The van der Waals surface area contributed by atoms with Crippen LogP contribution in [0.5, 0.6) is 0 Å². The van der Waals surface area contributed by atoms with Crippen molar-refractivity contribution in [1.82, 2.24) is 0 Å². The topological polar surface area (TPSA) is 60.5 Å². The van der Waals surface area contributed by atoms with E-state index in [4.69, 9.17) is 18.7 Å². The van der Waals surface area contributed by atoms with Crippen molar-refractivity contribution < 1.29 is 23.4 Å². The zero-order valence-electron chi connectivity index (χ0n) is 16.8. The number of ether oxygens (including phenoxy) is 2. The van der Waals surface area contributed by atoms with Crippen LogP contribution in [-0.2, 0) is 18.3 Å². The number of epoxide rings is 1. The van der Waals surface area contributed by atoms with Gasteiger partial charge >= 0.3 is 8.56 Å². The van der Waals surface area contributed by atoms with Gasteiger partial charge in [0.25, 0.3) is 0 Å². The Labute approximate surface area is 155 Å². The normalized spacial score (nSPS) is 27.5. The Kier molecular flexibility index (Phi) is 11.4. The lowest BCUT2D eigenvalue weighted by Crippen LogP contribution is -2.66. The molecule has 0 bridgehead atoms. The van der Waals surface area contributed by atoms with Crippen LogP contribution in [-0.4, -0.2) is 58.0 Å². The Balaban J connectivity index is 0.000000531. The van der Waals surface area contributed by atoms with Gasteiger partial charge in [0.05, 0.1) is 13.2 Å². The summed E-state index contributed by atoms with van der Waals surface area (Å²) in [5, 5.41) is 7.96. The second-order valence-electron chi connectivity index (χ2n) is 6.99. The van der Waals surface area contributed by atoms with Crippen molar-refractivity contribution in [2.45, 2.75) is 90.0 Å². The lowest BCUT2D eigenvalue weighted by atomic mass is 10.1. The highest BCUT2D eigenvalue weighted by atomic mass is 28.4. The van der Waals surface area contributed by atoms with E-state index in [0.29, 0.717) is 0 Å². The van der Waals surface area contributed by atoms with Gasteiger partial charge in [-0.3, -0.25) is 0 Å². The van der Waals surface area contributed by atoms with Gasteiger partial charge in [0, 0.05) is 19.8 Å². The average molecular weight is 377 g/mol. The smallest absolute Gasteiger partial charge is 0.371 e. The third kappa shape index (κ3) is 6.92. The van der Waals surface area contributed by atoms with Crippen LogP contribution >= 0.6 is 0 Å². The lowest BCUT2D eigenvalue weighted by Gasteiger charge is -2.49. The second kappa shape index (κ2) is 12.4. The summed E-state index contributed by atoms with van der Waals surface area (Å²) in [5.41, 5.74) is 0. The van der Waals surface area contributed by atoms with E-state index >= 15 is 0 Å². The van der Waals surface area contributed by atoms with Crippen LogP contribution in [0.4, 0.5) is 0 Å². The first-order chi connectivity index (χ1) is 12.1. The van der Waals surface area contributed by atoms with E-state index in [-0.39, 0.29) is 17.9 Å². The summed E-state index contributed by atoms with van der Waals surface area (Å²) in [4.78, 5) is 0. The monoisotopic (exact) mass is 376 g/mol. The maximum absolute atomic E-state index is 8.08. The van der Waals surface area contributed by atoms with Crippen molar-refractivity contribution in [3.8, 4) is 0 Å². The molecule has 2 aliphatic heterocycles. The van der Waals surface area contributed by atoms with E-state index in [2.05, 4.69) is 32.4 Å². The van der Waals surface area contributed by atoms with Crippen molar-refractivity contribution >= 4 is 8.56 Å². The predicted molar refractivity (Wildman–Crippen MR) is 103 cm³/mol. The number of aliphatic hydroxyl groups is 1. The summed E-state index contributed by atoms with van der Waals surface area (Å²) in [6.45, 7) is 12.2. The van der Waals surface area contributed by atoms with Crippen molar-refractivity contribution in [2.75, 3.05) is 33.0 Å². The molecule has 0 aromatic rings. The number of hydrogen-bond acceptors (Lipinski definition) is 5. The summed E-state index contributed by atoms with van der Waals surface area (Å²) >= 11 is 0. The highest BCUT2D eigenvalue weighted by molar-refractivity contribution is 6.70. The van der Waals surface area contributed by atoms with Crippen molar-refractivity contribution in [3.05, 3.63) is 0 Å². The largest absolute Gasteiger partial charge is 0.394 e. The maximum atomic E-state index is 8.08. The Morgan fingerprint density at radius 1 is 1.00 bits per heavy atom. The molecule has 6 heteroatoms. The standard InChI is InChI=1S/C16H34O3Si.C3H6O2/c1-5-12-17-16(8-4)11-9-10-15-20(16,18-13-6-2)19-14-7-3;4-1-3-2-5-3/h5-15H2,1-4H3;3-4H,1-2H2. The fraction of sp³-hybridized carbons (Fsp3) is 1.00. The molecule has 0 aromatic heterocycles. The Morgan fingerprint density at radius 3 is 2.00 bits per heavy atom. The number of rotatable bonds is 11. The van der Waals surface area contributed by atoms with E-state index in [1.807, 2.05) is 0 Å². The molecule has 2 aliphatic rings. The summed E-state index contributed by atoms with van der Waals surface area (Å²) in [5.74, 6) is 0. The zero-order chi connectivity index (χ0) is 18.6. The van der Waals surface area contributed by atoms with Gasteiger partial charge in [-0.1, -0.05) is 40.5 Å². The minimum absolute atomic E-state index is 0.119. The highest BCUT2D eigenvalue weighted by Crippen LogP contribution is 2.43. The van der Waals surface area contributed by atoms with E-state index in [9.17, 15) is 0 Å². The molecular formula is C19H40O5Si. The molecule has 2 rings (SSSR count). The third-order valence-corrected chi connectivity index (χ3v) is 9.36. The lowest BCUT2D eigenvalue weighted by molar-refractivity contribution is -0.0493. The van der Waals surface area contributed by atoms with Gasteiger partial charge in [-0.15, -0.1) is 0 Å². The molecule has 25 heavy (non-hydrogen) atoms. The van der Waals surface area contributed by atoms with E-state index < -0.39 is 8.56 Å². The SMILES string of the molecule is CCCOC1(CC)CCCC[Si]1(OCCC)OCCC.OCC1CO1. The Morgan fingerprint density at radius 2 is 1.60 bits per heavy atom. The van der Waals surface area contributed by atoms with Crippen molar-refractivity contribution in [2.24, 2.45) is 0 Å². The molecule has 2 heterocycles. The van der Waals surface area contributed by atoms with Crippen LogP contribution in [0.15, 0.2) is 0 Å². The first-order valence-corrected chi connectivity index (χ1v) is 12.3. The van der Waals surface area contributed by atoms with Crippen molar-refractivity contribution in [1.29, 1.82) is 0 Å². The van der Waals surface area contributed by atoms with Crippen LogP contribution in [0.3, 0.4) is 0 Å². The van der Waals surface area contributed by atoms with Gasteiger partial charge in [0.2, 0.25) is 0 Å². The van der Waals surface area contributed by atoms with Gasteiger partial charge in [0.15, 0.2) is 0 Å². The molecule has 2 unspecified atom stereocenters. The highest BCUT2D eigenvalue weighted by Gasteiger charge is 2.59. The van der Waals surface area contributed by atoms with E-state index in [0.717, 1.165) is 64.6 Å². The molecule has 0 spiro atoms. The van der Waals surface area contributed by atoms with E-state index in [1.165, 1.54) is 12.8 Å². The molecule has 0 aliphatic carbocycles. The molecular weight excluding hydrogens is 336 g/mol. The molecule has 2 saturated heterocycles. The summed E-state index contributed by atoms with van der Waals surface area (Å²) in [7, 11) is -2.26. The van der Waals surface area contributed by atoms with Gasteiger partial charge in [-0.05, 0) is 38.1 Å². The minimum Gasteiger partial charge on any atom is -0.394 e. The molecule has 5 nitrogen and oxygen atoms in total. The van der Waals surface area contributed by atoms with Gasteiger partial charge in [-0.2, -0.15) is 0 Å². The van der Waals surface area contributed by atoms with Crippen LogP contribution in [0, 0.1) is 0 Å². The molecule has 1 N–H and O–H groups in total. The fourth-order valence-corrected chi connectivity index (χ4v) is 7.93. The Hall–Kier alpha value is 0.0169. The Bertz CT molecular complexity index is 330. The first-order valence-electron chi connectivity index (χ1n) is 10.3. The van der Waals surface area contributed by atoms with Gasteiger partial charge < -0.3 is 23.4 Å². The van der Waals surface area contributed by atoms with Crippen LogP contribution < -0.4 is 0 Å². The molecule has 2 atom stereocenters. The van der Waals surface area contributed by atoms with Gasteiger partial charge in [-0.25, -0.2) is 0 Å².